The second kappa shape index (κ2) is 5.32. The maximum absolute atomic E-state index is 11.1. The Morgan fingerprint density at radius 3 is 2.79 bits per heavy atom. The highest BCUT2D eigenvalue weighted by molar-refractivity contribution is 6.34. The normalized spacial score (nSPS) is 12.2. The molecule has 1 amide bonds. The minimum Gasteiger partial charge on any atom is -0.375 e. The van der Waals surface area contributed by atoms with E-state index >= 15 is 0 Å². The van der Waals surface area contributed by atoms with Gasteiger partial charge in [-0.05, 0) is 25.1 Å². The minimum absolute atomic E-state index is 0.0236. The van der Waals surface area contributed by atoms with Crippen molar-refractivity contribution in [3.05, 3.63) is 47.0 Å². The van der Waals surface area contributed by atoms with Crippen LogP contribution in [0.3, 0.4) is 0 Å². The van der Waals surface area contributed by atoms with E-state index in [-0.39, 0.29) is 6.04 Å². The standard InChI is InChI=1S/C13H15ClN4O/c1-8(13-16-5-6-18(13)2)17-9-3-4-10(12(15)19)11(14)7-9/h3-8,17H,1-2H3,(H2,15,19). The molecule has 2 aromatic rings. The average molecular weight is 279 g/mol. The van der Waals surface area contributed by atoms with E-state index < -0.39 is 5.91 Å². The van der Waals surface area contributed by atoms with Gasteiger partial charge < -0.3 is 15.6 Å². The molecule has 1 atom stereocenters. The van der Waals surface area contributed by atoms with E-state index in [0.717, 1.165) is 11.5 Å². The van der Waals surface area contributed by atoms with Gasteiger partial charge in [0.05, 0.1) is 16.6 Å². The predicted molar refractivity (Wildman–Crippen MR) is 75.2 cm³/mol. The van der Waals surface area contributed by atoms with Crippen molar-refractivity contribution in [3.63, 3.8) is 0 Å². The van der Waals surface area contributed by atoms with E-state index in [4.69, 9.17) is 17.3 Å². The van der Waals surface area contributed by atoms with E-state index in [1.165, 1.54) is 0 Å². The number of amides is 1. The van der Waals surface area contributed by atoms with Crippen LogP contribution in [0, 0.1) is 0 Å². The molecule has 1 aromatic carbocycles. The largest absolute Gasteiger partial charge is 0.375 e. The molecule has 0 spiro atoms. The summed E-state index contributed by atoms with van der Waals surface area (Å²) in [6.45, 7) is 2.00. The molecular weight excluding hydrogens is 264 g/mol. The van der Waals surface area contributed by atoms with Crippen LogP contribution >= 0.6 is 11.6 Å². The number of hydrogen-bond donors (Lipinski definition) is 2. The lowest BCUT2D eigenvalue weighted by atomic mass is 10.2. The first-order chi connectivity index (χ1) is 8.99. The lowest BCUT2D eigenvalue weighted by molar-refractivity contribution is 0.100. The number of hydrogen-bond acceptors (Lipinski definition) is 3. The van der Waals surface area contributed by atoms with Crippen molar-refractivity contribution in [1.29, 1.82) is 0 Å². The van der Waals surface area contributed by atoms with E-state index in [1.54, 1.807) is 24.4 Å². The number of nitrogens with zero attached hydrogens (tertiary/aromatic N) is 2. The summed E-state index contributed by atoms with van der Waals surface area (Å²) in [5, 5.41) is 3.61. The monoisotopic (exact) mass is 278 g/mol. The smallest absolute Gasteiger partial charge is 0.250 e. The molecule has 3 N–H and O–H groups in total. The first-order valence-electron chi connectivity index (χ1n) is 5.82. The Morgan fingerprint density at radius 2 is 2.26 bits per heavy atom. The highest BCUT2D eigenvalue weighted by Gasteiger charge is 2.12. The van der Waals surface area contributed by atoms with Crippen LogP contribution in [0.1, 0.15) is 29.1 Å². The van der Waals surface area contributed by atoms with Gasteiger partial charge in [0.15, 0.2) is 0 Å². The topological polar surface area (TPSA) is 72.9 Å². The van der Waals surface area contributed by atoms with Crippen LogP contribution in [0.15, 0.2) is 30.6 Å². The van der Waals surface area contributed by atoms with Crippen LogP contribution < -0.4 is 11.1 Å². The molecule has 0 saturated carbocycles. The Kier molecular flexibility index (Phi) is 3.76. The van der Waals surface area contributed by atoms with Crippen LogP contribution in [0.4, 0.5) is 5.69 Å². The van der Waals surface area contributed by atoms with Gasteiger partial charge in [-0.3, -0.25) is 4.79 Å². The summed E-state index contributed by atoms with van der Waals surface area (Å²) in [4.78, 5) is 15.4. The van der Waals surface area contributed by atoms with E-state index in [9.17, 15) is 4.79 Å². The van der Waals surface area contributed by atoms with Gasteiger partial charge >= 0.3 is 0 Å². The second-order valence-electron chi connectivity index (χ2n) is 4.32. The number of halogens is 1. The molecule has 0 bridgehead atoms. The van der Waals surface area contributed by atoms with Crippen LogP contribution in [-0.2, 0) is 7.05 Å². The number of primary amides is 1. The first kappa shape index (κ1) is 13.4. The van der Waals surface area contributed by atoms with Gasteiger partial charge in [0.1, 0.15) is 5.82 Å². The van der Waals surface area contributed by atoms with Crippen molar-refractivity contribution in [2.75, 3.05) is 5.32 Å². The van der Waals surface area contributed by atoms with Crippen molar-refractivity contribution in [3.8, 4) is 0 Å². The molecule has 0 aliphatic heterocycles. The highest BCUT2D eigenvalue weighted by Crippen LogP contribution is 2.23. The van der Waals surface area contributed by atoms with Crippen LogP contribution in [0.2, 0.25) is 5.02 Å². The second-order valence-corrected chi connectivity index (χ2v) is 4.73. The lowest BCUT2D eigenvalue weighted by Crippen LogP contribution is -2.13. The predicted octanol–water partition coefficient (Wildman–Crippen LogP) is 2.35. The number of rotatable bonds is 4. The number of aryl methyl sites for hydroxylation is 1. The Morgan fingerprint density at radius 1 is 1.53 bits per heavy atom. The fraction of sp³-hybridized carbons (Fsp3) is 0.231. The molecule has 5 nitrogen and oxygen atoms in total. The molecular formula is C13H15ClN4O. The number of carbonyl (C=O) groups excluding carboxylic acids is 1. The fourth-order valence-corrected chi connectivity index (χ4v) is 2.19. The molecule has 100 valence electrons. The summed E-state index contributed by atoms with van der Waals surface area (Å²) < 4.78 is 1.94. The summed E-state index contributed by atoms with van der Waals surface area (Å²) >= 11 is 6.00. The lowest BCUT2D eigenvalue weighted by Gasteiger charge is -2.15. The highest BCUT2D eigenvalue weighted by atomic mass is 35.5. The van der Waals surface area contributed by atoms with Crippen molar-refractivity contribution in [1.82, 2.24) is 9.55 Å². The van der Waals surface area contributed by atoms with Gasteiger partial charge in [0.25, 0.3) is 0 Å². The molecule has 0 fully saturated rings. The molecule has 0 saturated heterocycles. The number of imidazole rings is 1. The summed E-state index contributed by atoms with van der Waals surface area (Å²) in [6.07, 6.45) is 3.63. The SMILES string of the molecule is CC(Nc1ccc(C(N)=O)c(Cl)c1)c1nccn1C. The fourth-order valence-electron chi connectivity index (χ4n) is 1.91. The zero-order valence-electron chi connectivity index (χ0n) is 10.7. The molecule has 1 aromatic heterocycles. The Balaban J connectivity index is 2.18. The molecule has 0 aliphatic carbocycles. The Hall–Kier alpha value is -2.01. The summed E-state index contributed by atoms with van der Waals surface area (Å²) in [7, 11) is 1.93. The maximum atomic E-state index is 11.1. The Labute approximate surface area is 116 Å². The first-order valence-corrected chi connectivity index (χ1v) is 6.20. The number of benzene rings is 1. The summed E-state index contributed by atoms with van der Waals surface area (Å²) in [5.74, 6) is 0.379. The third-order valence-electron chi connectivity index (χ3n) is 2.86. The van der Waals surface area contributed by atoms with Crippen molar-refractivity contribution in [2.45, 2.75) is 13.0 Å². The van der Waals surface area contributed by atoms with Gasteiger partial charge in [-0.1, -0.05) is 11.6 Å². The van der Waals surface area contributed by atoms with Crippen LogP contribution in [-0.4, -0.2) is 15.5 Å². The average Bonchev–Trinajstić information content (AvgIpc) is 2.75. The minimum atomic E-state index is -0.534. The number of nitrogens with one attached hydrogen (secondary N) is 1. The molecule has 19 heavy (non-hydrogen) atoms. The van der Waals surface area contributed by atoms with Gasteiger partial charge in [-0.25, -0.2) is 4.98 Å². The summed E-state index contributed by atoms with van der Waals surface area (Å²) in [6, 6.07) is 5.08. The van der Waals surface area contributed by atoms with E-state index in [2.05, 4.69) is 10.3 Å². The molecule has 1 unspecified atom stereocenters. The van der Waals surface area contributed by atoms with Crippen LogP contribution in [0.5, 0.6) is 0 Å². The zero-order chi connectivity index (χ0) is 14.0. The van der Waals surface area contributed by atoms with E-state index in [0.29, 0.717) is 10.6 Å². The van der Waals surface area contributed by atoms with Gasteiger partial charge in [0, 0.05) is 25.1 Å². The van der Waals surface area contributed by atoms with Gasteiger partial charge in [-0.2, -0.15) is 0 Å². The Bertz CT molecular complexity index is 608. The zero-order valence-corrected chi connectivity index (χ0v) is 11.5. The number of aromatic nitrogens is 2. The third kappa shape index (κ3) is 2.88. The van der Waals surface area contributed by atoms with Crippen molar-refractivity contribution >= 4 is 23.2 Å². The van der Waals surface area contributed by atoms with E-state index in [1.807, 2.05) is 24.7 Å². The molecule has 2 rings (SSSR count). The number of carbonyl (C=O) groups is 1. The van der Waals surface area contributed by atoms with Gasteiger partial charge in [0.2, 0.25) is 5.91 Å². The molecule has 0 aliphatic rings. The quantitative estimate of drug-likeness (QED) is 0.902. The summed E-state index contributed by atoms with van der Waals surface area (Å²) in [5.41, 5.74) is 6.33. The maximum Gasteiger partial charge on any atom is 0.250 e. The van der Waals surface area contributed by atoms with Gasteiger partial charge in [-0.15, -0.1) is 0 Å². The van der Waals surface area contributed by atoms with Crippen molar-refractivity contribution < 1.29 is 4.79 Å². The molecule has 0 radical (unpaired) electrons. The number of anilines is 1. The third-order valence-corrected chi connectivity index (χ3v) is 3.18. The number of nitrogens with two attached hydrogens (primary N) is 1. The molecule has 1 heterocycles. The van der Waals surface area contributed by atoms with Crippen molar-refractivity contribution in [2.24, 2.45) is 12.8 Å². The van der Waals surface area contributed by atoms with Crippen LogP contribution in [0.25, 0.3) is 0 Å². The molecule has 6 heteroatoms.